The Morgan fingerprint density at radius 3 is 2.43 bits per heavy atom. The van der Waals surface area contributed by atoms with Crippen LogP contribution in [0, 0.1) is 0 Å². The molecule has 1 heterocycles. The van der Waals surface area contributed by atoms with Gasteiger partial charge in [0.05, 0.1) is 33.4 Å². The van der Waals surface area contributed by atoms with E-state index in [1.165, 1.54) is 21.3 Å². The summed E-state index contributed by atoms with van der Waals surface area (Å²) in [6, 6.07) is 12.7. The number of methoxy groups -OCH3 is 3. The number of fused-ring (bicyclic) bond motifs is 1. The van der Waals surface area contributed by atoms with E-state index in [0.29, 0.717) is 36.0 Å². The van der Waals surface area contributed by atoms with E-state index in [-0.39, 0.29) is 5.91 Å². The van der Waals surface area contributed by atoms with E-state index in [1.54, 1.807) is 18.3 Å². The van der Waals surface area contributed by atoms with Gasteiger partial charge in [0.2, 0.25) is 5.75 Å². The van der Waals surface area contributed by atoms with Crippen LogP contribution in [0.4, 0.5) is 0 Å². The zero-order chi connectivity index (χ0) is 19.9. The molecule has 0 saturated heterocycles. The molecule has 0 unspecified atom stereocenters. The van der Waals surface area contributed by atoms with Crippen molar-refractivity contribution in [2.24, 2.45) is 0 Å². The molecule has 0 aliphatic rings. The molecule has 0 aliphatic heterocycles. The molecule has 1 aromatic heterocycles. The second-order valence-electron chi connectivity index (χ2n) is 5.88. The number of carbonyl (C=O) groups is 1. The number of amides is 1. The molecule has 146 valence electrons. The highest BCUT2D eigenvalue weighted by molar-refractivity contribution is 5.95. The Kier molecular flexibility index (Phi) is 6.16. The summed E-state index contributed by atoms with van der Waals surface area (Å²) in [7, 11) is 4.53. The van der Waals surface area contributed by atoms with Crippen LogP contribution >= 0.6 is 0 Å². The molecular weight excluding hydrogens is 360 g/mol. The zero-order valence-electron chi connectivity index (χ0n) is 16.0. The van der Waals surface area contributed by atoms with Crippen LogP contribution in [-0.4, -0.2) is 45.4 Å². The van der Waals surface area contributed by atoms with Gasteiger partial charge in [0, 0.05) is 17.1 Å². The minimum atomic E-state index is -0.259. The molecule has 7 heteroatoms. The summed E-state index contributed by atoms with van der Waals surface area (Å²) in [6.07, 6.45) is 1.75. The number of pyridine rings is 1. The van der Waals surface area contributed by atoms with Gasteiger partial charge in [-0.15, -0.1) is 0 Å². The lowest BCUT2D eigenvalue weighted by molar-refractivity contribution is 0.0946. The zero-order valence-corrected chi connectivity index (χ0v) is 16.0. The molecular formula is C21H22N2O5. The van der Waals surface area contributed by atoms with Crippen LogP contribution < -0.4 is 24.3 Å². The maximum absolute atomic E-state index is 12.4. The molecule has 3 aromatic rings. The number of nitrogens with one attached hydrogen (secondary N) is 1. The molecule has 0 spiro atoms. The Morgan fingerprint density at radius 1 is 1.00 bits per heavy atom. The minimum absolute atomic E-state index is 0.259. The number of benzene rings is 2. The fourth-order valence-corrected chi connectivity index (χ4v) is 2.79. The van der Waals surface area contributed by atoms with Crippen LogP contribution in [-0.2, 0) is 0 Å². The number of carbonyl (C=O) groups excluding carboxylic acids is 1. The summed E-state index contributed by atoms with van der Waals surface area (Å²) in [5.74, 6) is 1.75. The van der Waals surface area contributed by atoms with Crippen LogP contribution in [0.5, 0.6) is 23.0 Å². The molecule has 1 N–H and O–H groups in total. The average Bonchev–Trinajstić information content (AvgIpc) is 2.75. The molecule has 0 aliphatic carbocycles. The Hall–Kier alpha value is -3.48. The predicted molar refractivity (Wildman–Crippen MR) is 106 cm³/mol. The van der Waals surface area contributed by atoms with Crippen molar-refractivity contribution in [1.29, 1.82) is 0 Å². The van der Waals surface area contributed by atoms with E-state index in [1.807, 2.05) is 30.3 Å². The van der Waals surface area contributed by atoms with Crippen molar-refractivity contribution in [1.82, 2.24) is 10.3 Å². The van der Waals surface area contributed by atoms with Crippen LogP contribution in [0.15, 0.2) is 48.7 Å². The van der Waals surface area contributed by atoms with Crippen molar-refractivity contribution in [2.75, 3.05) is 34.5 Å². The summed E-state index contributed by atoms with van der Waals surface area (Å²) in [6.45, 7) is 0.683. The Bertz CT molecular complexity index is 949. The first-order valence-electron chi connectivity index (χ1n) is 8.72. The van der Waals surface area contributed by atoms with Crippen molar-refractivity contribution in [2.45, 2.75) is 0 Å². The molecule has 0 saturated carbocycles. The number of aromatic nitrogens is 1. The van der Waals surface area contributed by atoms with Gasteiger partial charge in [-0.25, -0.2) is 0 Å². The molecule has 28 heavy (non-hydrogen) atoms. The van der Waals surface area contributed by atoms with Gasteiger partial charge >= 0.3 is 0 Å². The highest BCUT2D eigenvalue weighted by atomic mass is 16.5. The van der Waals surface area contributed by atoms with E-state index in [9.17, 15) is 4.79 Å². The monoisotopic (exact) mass is 382 g/mol. The maximum atomic E-state index is 12.4. The first kappa shape index (κ1) is 19.3. The lowest BCUT2D eigenvalue weighted by atomic mass is 10.1. The van der Waals surface area contributed by atoms with Crippen LogP contribution in [0.2, 0.25) is 0 Å². The largest absolute Gasteiger partial charge is 0.493 e. The normalized spacial score (nSPS) is 10.4. The van der Waals surface area contributed by atoms with Gasteiger partial charge in [0.15, 0.2) is 11.5 Å². The predicted octanol–water partition coefficient (Wildman–Crippen LogP) is 3.07. The van der Waals surface area contributed by atoms with E-state index in [2.05, 4.69) is 10.3 Å². The number of nitrogens with zero attached hydrogens (tertiary/aromatic N) is 1. The van der Waals surface area contributed by atoms with Crippen molar-refractivity contribution >= 4 is 16.8 Å². The number of ether oxygens (including phenoxy) is 4. The number of hydrogen-bond acceptors (Lipinski definition) is 6. The van der Waals surface area contributed by atoms with E-state index < -0.39 is 0 Å². The molecule has 3 rings (SSSR count). The Morgan fingerprint density at radius 2 is 1.75 bits per heavy atom. The summed E-state index contributed by atoms with van der Waals surface area (Å²) < 4.78 is 21.5. The van der Waals surface area contributed by atoms with Crippen molar-refractivity contribution < 1.29 is 23.7 Å². The smallest absolute Gasteiger partial charge is 0.251 e. The van der Waals surface area contributed by atoms with Crippen molar-refractivity contribution in [3.05, 3.63) is 54.2 Å². The number of hydrogen-bond donors (Lipinski definition) is 1. The van der Waals surface area contributed by atoms with Crippen molar-refractivity contribution in [3.63, 3.8) is 0 Å². The van der Waals surface area contributed by atoms with E-state index in [0.717, 1.165) is 16.7 Å². The summed E-state index contributed by atoms with van der Waals surface area (Å²) in [4.78, 5) is 16.7. The lowest BCUT2D eigenvalue weighted by Gasteiger charge is -2.14. The van der Waals surface area contributed by atoms with Gasteiger partial charge in [0.25, 0.3) is 5.91 Å². The van der Waals surface area contributed by atoms with Gasteiger partial charge < -0.3 is 24.3 Å². The third-order valence-corrected chi connectivity index (χ3v) is 4.16. The SMILES string of the molecule is COc1cc(C(=O)NCCOc2ccc3ncccc3c2)cc(OC)c1OC. The molecule has 0 fully saturated rings. The quantitative estimate of drug-likeness (QED) is 0.603. The molecule has 7 nitrogen and oxygen atoms in total. The Labute approximate surface area is 163 Å². The minimum Gasteiger partial charge on any atom is -0.493 e. The molecule has 0 bridgehead atoms. The van der Waals surface area contributed by atoms with Gasteiger partial charge in [-0.2, -0.15) is 0 Å². The van der Waals surface area contributed by atoms with Gasteiger partial charge in [-0.1, -0.05) is 6.07 Å². The van der Waals surface area contributed by atoms with Gasteiger partial charge in [-0.3, -0.25) is 9.78 Å². The van der Waals surface area contributed by atoms with Crippen LogP contribution in [0.25, 0.3) is 10.9 Å². The summed E-state index contributed by atoms with van der Waals surface area (Å²) in [5, 5.41) is 3.82. The third kappa shape index (κ3) is 4.25. The topological polar surface area (TPSA) is 78.9 Å². The standard InChI is InChI=1S/C21H22N2O5/c1-25-18-12-15(13-19(26-2)20(18)27-3)21(24)23-9-10-28-16-6-7-17-14(11-16)5-4-8-22-17/h4-8,11-13H,9-10H2,1-3H3,(H,23,24). The first-order valence-corrected chi connectivity index (χ1v) is 8.72. The van der Waals surface area contributed by atoms with E-state index >= 15 is 0 Å². The summed E-state index contributed by atoms with van der Waals surface area (Å²) >= 11 is 0. The fourth-order valence-electron chi connectivity index (χ4n) is 2.79. The summed E-state index contributed by atoms with van der Waals surface area (Å²) in [5.41, 5.74) is 1.32. The highest BCUT2D eigenvalue weighted by Gasteiger charge is 2.16. The fraction of sp³-hybridized carbons (Fsp3) is 0.238. The molecule has 2 aromatic carbocycles. The van der Waals surface area contributed by atoms with Gasteiger partial charge in [-0.05, 0) is 36.4 Å². The number of rotatable bonds is 8. The van der Waals surface area contributed by atoms with E-state index in [4.69, 9.17) is 18.9 Å². The first-order chi connectivity index (χ1) is 13.7. The average molecular weight is 382 g/mol. The molecule has 0 radical (unpaired) electrons. The highest BCUT2D eigenvalue weighted by Crippen LogP contribution is 2.38. The second-order valence-corrected chi connectivity index (χ2v) is 5.88. The van der Waals surface area contributed by atoms with Crippen molar-refractivity contribution in [3.8, 4) is 23.0 Å². The van der Waals surface area contributed by atoms with Gasteiger partial charge in [0.1, 0.15) is 12.4 Å². The maximum Gasteiger partial charge on any atom is 0.251 e. The second kappa shape index (κ2) is 8.94. The van der Waals surface area contributed by atoms with Crippen LogP contribution in [0.1, 0.15) is 10.4 Å². The third-order valence-electron chi connectivity index (χ3n) is 4.16. The Balaban J connectivity index is 1.59. The lowest BCUT2D eigenvalue weighted by Crippen LogP contribution is -2.28. The molecule has 1 amide bonds. The molecule has 0 atom stereocenters. The van der Waals surface area contributed by atoms with Crippen LogP contribution in [0.3, 0.4) is 0 Å².